The molecule has 0 radical (unpaired) electrons. The Hall–Kier alpha value is -0.940. The second-order valence-corrected chi connectivity index (χ2v) is 5.04. The molecule has 3 nitrogen and oxygen atoms in total. The van der Waals surface area contributed by atoms with Crippen LogP contribution in [0, 0.1) is 12.7 Å². The first kappa shape index (κ1) is 12.1. The molecular weight excluding hydrogens is 219 g/mol. The third-order valence-electron chi connectivity index (χ3n) is 2.00. The SMILES string of the molecule is Cc1ccc(F)cc1[C@H](C)OS(C)(=O)=O. The average molecular weight is 232 g/mol. The Morgan fingerprint density at radius 1 is 1.40 bits per heavy atom. The molecule has 0 N–H and O–H groups in total. The van der Waals surface area contributed by atoms with Gasteiger partial charge in [0.05, 0.1) is 12.4 Å². The number of benzene rings is 1. The second-order valence-electron chi connectivity index (χ2n) is 3.44. The van der Waals surface area contributed by atoms with Gasteiger partial charge in [0.25, 0.3) is 10.1 Å². The Labute approximate surface area is 89.0 Å². The minimum atomic E-state index is -3.52. The van der Waals surface area contributed by atoms with Crippen molar-refractivity contribution in [1.29, 1.82) is 0 Å². The van der Waals surface area contributed by atoms with E-state index in [1.54, 1.807) is 19.9 Å². The highest BCUT2D eigenvalue weighted by Crippen LogP contribution is 2.22. The van der Waals surface area contributed by atoms with Gasteiger partial charge in [-0.1, -0.05) is 6.07 Å². The molecule has 0 fully saturated rings. The molecule has 5 heteroatoms. The summed E-state index contributed by atoms with van der Waals surface area (Å²) in [5.74, 6) is -0.403. The van der Waals surface area contributed by atoms with E-state index in [2.05, 4.69) is 0 Å². The van der Waals surface area contributed by atoms with Crippen molar-refractivity contribution in [2.75, 3.05) is 6.26 Å². The molecule has 0 bridgehead atoms. The van der Waals surface area contributed by atoms with Crippen molar-refractivity contribution in [3.05, 3.63) is 35.1 Å². The Kier molecular flexibility index (Phi) is 3.46. The number of rotatable bonds is 3. The zero-order valence-electron chi connectivity index (χ0n) is 8.82. The highest BCUT2D eigenvalue weighted by molar-refractivity contribution is 7.86. The summed E-state index contributed by atoms with van der Waals surface area (Å²) in [5.41, 5.74) is 1.34. The summed E-state index contributed by atoms with van der Waals surface area (Å²) >= 11 is 0. The Balaban J connectivity index is 3.00. The van der Waals surface area contributed by atoms with Gasteiger partial charge in [-0.05, 0) is 37.1 Å². The van der Waals surface area contributed by atoms with Crippen molar-refractivity contribution in [2.24, 2.45) is 0 Å². The van der Waals surface area contributed by atoms with Gasteiger partial charge in [-0.25, -0.2) is 4.39 Å². The smallest absolute Gasteiger partial charge is 0.262 e. The summed E-state index contributed by atoms with van der Waals surface area (Å²) in [6, 6.07) is 4.20. The molecular formula is C10H13FO3S. The fourth-order valence-corrected chi connectivity index (χ4v) is 1.99. The van der Waals surface area contributed by atoms with Crippen LogP contribution in [0.5, 0.6) is 0 Å². The Morgan fingerprint density at radius 3 is 2.53 bits per heavy atom. The molecule has 0 spiro atoms. The lowest BCUT2D eigenvalue weighted by molar-refractivity contribution is 0.235. The zero-order chi connectivity index (χ0) is 11.6. The van der Waals surface area contributed by atoms with Gasteiger partial charge >= 0.3 is 0 Å². The summed E-state index contributed by atoms with van der Waals surface area (Å²) in [5, 5.41) is 0. The van der Waals surface area contributed by atoms with Crippen molar-refractivity contribution in [3.63, 3.8) is 0 Å². The maximum atomic E-state index is 12.9. The van der Waals surface area contributed by atoms with E-state index in [1.165, 1.54) is 12.1 Å². The number of halogens is 1. The molecule has 0 amide bonds. The predicted molar refractivity (Wildman–Crippen MR) is 55.5 cm³/mol. The van der Waals surface area contributed by atoms with Gasteiger partial charge < -0.3 is 0 Å². The third-order valence-corrected chi connectivity index (χ3v) is 2.64. The molecule has 0 saturated carbocycles. The molecule has 1 rings (SSSR count). The molecule has 15 heavy (non-hydrogen) atoms. The van der Waals surface area contributed by atoms with Crippen molar-refractivity contribution in [1.82, 2.24) is 0 Å². The first-order valence-corrected chi connectivity index (χ1v) is 6.25. The van der Waals surface area contributed by atoms with Crippen LogP contribution in [0.4, 0.5) is 4.39 Å². The minimum Gasteiger partial charge on any atom is -0.262 e. The van der Waals surface area contributed by atoms with E-state index in [1.807, 2.05) is 0 Å². The number of aryl methyl sites for hydroxylation is 1. The molecule has 1 aromatic carbocycles. The van der Waals surface area contributed by atoms with E-state index in [0.29, 0.717) is 5.56 Å². The highest BCUT2D eigenvalue weighted by Gasteiger charge is 2.15. The van der Waals surface area contributed by atoms with E-state index >= 15 is 0 Å². The van der Waals surface area contributed by atoms with Crippen LogP contribution in [0.1, 0.15) is 24.2 Å². The summed E-state index contributed by atoms with van der Waals surface area (Å²) in [6.07, 6.45) is 0.300. The molecule has 0 heterocycles. The summed E-state index contributed by atoms with van der Waals surface area (Å²) < 4.78 is 39.5. The number of hydrogen-bond donors (Lipinski definition) is 0. The maximum Gasteiger partial charge on any atom is 0.264 e. The van der Waals surface area contributed by atoms with Crippen molar-refractivity contribution in [3.8, 4) is 0 Å². The van der Waals surface area contributed by atoms with Crippen LogP contribution in [-0.4, -0.2) is 14.7 Å². The Morgan fingerprint density at radius 2 is 2.00 bits per heavy atom. The first-order valence-electron chi connectivity index (χ1n) is 4.44. The Bertz CT molecular complexity index is 454. The lowest BCUT2D eigenvalue weighted by Crippen LogP contribution is -2.08. The molecule has 0 saturated heterocycles. The second kappa shape index (κ2) is 4.28. The molecule has 0 aromatic heterocycles. The molecule has 0 aliphatic rings. The van der Waals surface area contributed by atoms with Crippen LogP contribution in [0.3, 0.4) is 0 Å². The summed E-state index contributed by atoms with van der Waals surface area (Å²) in [6.45, 7) is 3.35. The molecule has 1 aromatic rings. The third kappa shape index (κ3) is 3.60. The number of hydrogen-bond acceptors (Lipinski definition) is 3. The van der Waals surface area contributed by atoms with Gasteiger partial charge in [-0.15, -0.1) is 0 Å². The van der Waals surface area contributed by atoms with Crippen LogP contribution in [-0.2, 0) is 14.3 Å². The monoisotopic (exact) mass is 232 g/mol. The van der Waals surface area contributed by atoms with Gasteiger partial charge in [-0.2, -0.15) is 8.42 Å². The zero-order valence-corrected chi connectivity index (χ0v) is 9.64. The largest absolute Gasteiger partial charge is 0.264 e. The maximum absolute atomic E-state index is 12.9. The van der Waals surface area contributed by atoms with Gasteiger partial charge in [-0.3, -0.25) is 4.18 Å². The van der Waals surface area contributed by atoms with Crippen molar-refractivity contribution >= 4 is 10.1 Å². The van der Waals surface area contributed by atoms with Gasteiger partial charge in [0.1, 0.15) is 5.82 Å². The minimum absolute atomic E-state index is 0.403. The van der Waals surface area contributed by atoms with Crippen LogP contribution in [0.25, 0.3) is 0 Å². The van der Waals surface area contributed by atoms with Gasteiger partial charge in [0.15, 0.2) is 0 Å². The van der Waals surface area contributed by atoms with E-state index in [9.17, 15) is 12.8 Å². The van der Waals surface area contributed by atoms with Crippen LogP contribution in [0.2, 0.25) is 0 Å². The quantitative estimate of drug-likeness (QED) is 0.750. The molecule has 0 unspecified atom stereocenters. The van der Waals surface area contributed by atoms with Crippen molar-refractivity contribution in [2.45, 2.75) is 20.0 Å². The van der Waals surface area contributed by atoms with E-state index in [0.717, 1.165) is 11.8 Å². The fourth-order valence-electron chi connectivity index (χ4n) is 1.36. The lowest BCUT2D eigenvalue weighted by Gasteiger charge is -2.13. The normalized spacial score (nSPS) is 13.9. The molecule has 1 atom stereocenters. The van der Waals surface area contributed by atoms with E-state index < -0.39 is 22.0 Å². The lowest BCUT2D eigenvalue weighted by atomic mass is 10.0. The topological polar surface area (TPSA) is 43.4 Å². The standard InChI is InChI=1S/C10H13FO3S/c1-7-4-5-9(11)6-10(7)8(2)14-15(3,12)13/h4-6,8H,1-3H3/t8-/m0/s1. The predicted octanol–water partition coefficient (Wildman–Crippen LogP) is 2.17. The van der Waals surface area contributed by atoms with E-state index in [4.69, 9.17) is 4.18 Å². The van der Waals surface area contributed by atoms with Crippen molar-refractivity contribution < 1.29 is 17.0 Å². The van der Waals surface area contributed by atoms with Gasteiger partial charge in [0.2, 0.25) is 0 Å². The summed E-state index contributed by atoms with van der Waals surface area (Å²) in [4.78, 5) is 0. The fraction of sp³-hybridized carbons (Fsp3) is 0.400. The average Bonchev–Trinajstić information content (AvgIpc) is 2.06. The van der Waals surface area contributed by atoms with Gasteiger partial charge in [0, 0.05) is 0 Å². The van der Waals surface area contributed by atoms with Crippen LogP contribution >= 0.6 is 0 Å². The first-order chi connectivity index (χ1) is 6.79. The molecule has 0 aliphatic carbocycles. The summed E-state index contributed by atoms with van der Waals surface area (Å²) in [7, 11) is -3.52. The molecule has 84 valence electrons. The molecule has 0 aliphatic heterocycles. The van der Waals surface area contributed by atoms with E-state index in [-0.39, 0.29) is 0 Å². The highest BCUT2D eigenvalue weighted by atomic mass is 32.2. The van der Waals surface area contributed by atoms with Crippen LogP contribution < -0.4 is 0 Å². The van der Waals surface area contributed by atoms with Crippen LogP contribution in [0.15, 0.2) is 18.2 Å².